The summed E-state index contributed by atoms with van der Waals surface area (Å²) in [5, 5.41) is 9.55. The van der Waals surface area contributed by atoms with Crippen LogP contribution < -0.4 is 4.72 Å². The molecule has 0 spiro atoms. The number of rotatable bonds is 8. The molecule has 0 bridgehead atoms. The van der Waals surface area contributed by atoms with Crippen molar-refractivity contribution in [3.05, 3.63) is 42.5 Å². The minimum atomic E-state index is -3.69. The van der Waals surface area contributed by atoms with Crippen LogP contribution in [-0.4, -0.2) is 50.9 Å². The molecule has 0 unspecified atom stereocenters. The lowest BCUT2D eigenvalue weighted by Crippen LogP contribution is -2.51. The molecule has 29 heavy (non-hydrogen) atoms. The zero-order valence-electron chi connectivity index (χ0n) is 16.4. The number of amides is 1. The van der Waals surface area contributed by atoms with Gasteiger partial charge in [0.2, 0.25) is 10.0 Å². The van der Waals surface area contributed by atoms with Crippen molar-refractivity contribution in [2.45, 2.75) is 42.5 Å². The Hall–Kier alpha value is -2.70. The Bertz CT molecular complexity index is 897. The van der Waals surface area contributed by atoms with Crippen LogP contribution in [0.3, 0.4) is 0 Å². The van der Waals surface area contributed by atoms with Crippen LogP contribution in [0.2, 0.25) is 0 Å². The van der Waals surface area contributed by atoms with Crippen molar-refractivity contribution in [1.29, 1.82) is 5.26 Å². The summed E-state index contributed by atoms with van der Waals surface area (Å²) >= 11 is 0. The largest absolute Gasteiger partial charge is 0.452 e. The van der Waals surface area contributed by atoms with E-state index in [0.717, 1.165) is 19.3 Å². The summed E-state index contributed by atoms with van der Waals surface area (Å²) in [4.78, 5) is 26.0. The molecule has 156 valence electrons. The number of nitrogens with zero attached hydrogens (tertiary/aromatic N) is 2. The van der Waals surface area contributed by atoms with Gasteiger partial charge in [0.15, 0.2) is 6.61 Å². The fourth-order valence-corrected chi connectivity index (χ4v) is 4.23. The summed E-state index contributed by atoms with van der Waals surface area (Å²) in [5.41, 5.74) is -0.730. The number of carbonyl (C=O) groups is 2. The van der Waals surface area contributed by atoms with Gasteiger partial charge in [-0.3, -0.25) is 4.79 Å². The Labute approximate surface area is 171 Å². The molecule has 0 radical (unpaired) electrons. The van der Waals surface area contributed by atoms with Crippen LogP contribution in [0.1, 0.15) is 42.5 Å². The molecule has 1 fully saturated rings. The molecule has 1 aliphatic rings. The molecule has 2 rings (SSSR count). The van der Waals surface area contributed by atoms with Crippen molar-refractivity contribution in [2.24, 2.45) is 0 Å². The normalized spacial score (nSPS) is 15.7. The molecule has 1 aliphatic carbocycles. The van der Waals surface area contributed by atoms with E-state index in [-0.39, 0.29) is 17.0 Å². The average molecular weight is 420 g/mol. The molecular formula is C20H25N3O5S. The fraction of sp³-hybridized carbons (Fsp3) is 0.450. The van der Waals surface area contributed by atoms with Crippen LogP contribution in [0, 0.1) is 11.3 Å². The second kappa shape index (κ2) is 9.67. The Morgan fingerprint density at radius 3 is 2.45 bits per heavy atom. The van der Waals surface area contributed by atoms with E-state index in [9.17, 15) is 23.3 Å². The minimum Gasteiger partial charge on any atom is -0.452 e. The highest BCUT2D eigenvalue weighted by Gasteiger charge is 2.39. The van der Waals surface area contributed by atoms with E-state index in [1.807, 2.05) is 0 Å². The van der Waals surface area contributed by atoms with Crippen molar-refractivity contribution >= 4 is 21.9 Å². The summed E-state index contributed by atoms with van der Waals surface area (Å²) in [5.74, 6) is -1.20. The van der Waals surface area contributed by atoms with Crippen molar-refractivity contribution < 1.29 is 22.7 Å². The molecular weight excluding hydrogens is 394 g/mol. The molecule has 0 saturated heterocycles. The van der Waals surface area contributed by atoms with E-state index in [1.165, 1.54) is 35.2 Å². The van der Waals surface area contributed by atoms with Gasteiger partial charge in [0.05, 0.1) is 16.5 Å². The van der Waals surface area contributed by atoms with E-state index in [2.05, 4.69) is 17.4 Å². The summed E-state index contributed by atoms with van der Waals surface area (Å²) in [7, 11) is -2.13. The van der Waals surface area contributed by atoms with Gasteiger partial charge in [0.25, 0.3) is 5.91 Å². The summed E-state index contributed by atoms with van der Waals surface area (Å²) in [6.45, 7) is 3.05. The summed E-state index contributed by atoms with van der Waals surface area (Å²) in [6, 6.07) is 7.44. The standard InChI is InChI=1S/C20H25N3O5S/c1-3-13-22-29(26,27)17-9-7-16(8-10-17)19(25)28-14-18(24)23(2)20(15-21)11-5-4-6-12-20/h3,7-10,22H,1,4-6,11-14H2,2H3. The van der Waals surface area contributed by atoms with Crippen LogP contribution in [-0.2, 0) is 19.6 Å². The number of carbonyl (C=O) groups excluding carboxylic acids is 2. The molecule has 9 heteroatoms. The molecule has 1 N–H and O–H groups in total. The first kappa shape index (κ1) is 22.6. The number of hydrogen-bond donors (Lipinski definition) is 1. The number of likely N-dealkylation sites (N-methyl/N-ethyl adjacent to an activating group) is 1. The van der Waals surface area contributed by atoms with Gasteiger partial charge in [-0.2, -0.15) is 5.26 Å². The zero-order chi connectivity index (χ0) is 21.5. The third-order valence-corrected chi connectivity index (χ3v) is 6.49. The maximum Gasteiger partial charge on any atom is 0.338 e. The quantitative estimate of drug-likeness (QED) is 0.509. The molecule has 1 saturated carbocycles. The van der Waals surface area contributed by atoms with Crippen LogP contribution >= 0.6 is 0 Å². The minimum absolute atomic E-state index is 0.0000276. The molecule has 1 aromatic carbocycles. The molecule has 0 heterocycles. The van der Waals surface area contributed by atoms with Gasteiger partial charge in [-0.15, -0.1) is 6.58 Å². The number of esters is 1. The third kappa shape index (κ3) is 5.43. The third-order valence-electron chi connectivity index (χ3n) is 5.05. The highest BCUT2D eigenvalue weighted by molar-refractivity contribution is 7.89. The van der Waals surface area contributed by atoms with E-state index in [0.29, 0.717) is 12.8 Å². The molecule has 0 atom stereocenters. The van der Waals surface area contributed by atoms with Gasteiger partial charge >= 0.3 is 5.97 Å². The lowest BCUT2D eigenvalue weighted by molar-refractivity contribution is -0.138. The van der Waals surface area contributed by atoms with E-state index in [1.54, 1.807) is 7.05 Å². The second-order valence-corrected chi connectivity index (χ2v) is 8.66. The Balaban J connectivity index is 1.97. The highest BCUT2D eigenvalue weighted by atomic mass is 32.2. The van der Waals surface area contributed by atoms with Crippen LogP contribution in [0.5, 0.6) is 0 Å². The first-order chi connectivity index (χ1) is 13.8. The first-order valence-electron chi connectivity index (χ1n) is 9.31. The number of nitrogens with one attached hydrogen (secondary N) is 1. The maximum absolute atomic E-state index is 12.4. The lowest BCUT2D eigenvalue weighted by atomic mass is 9.81. The second-order valence-electron chi connectivity index (χ2n) is 6.90. The number of nitriles is 1. The Kier molecular flexibility index (Phi) is 7.53. The average Bonchev–Trinajstić information content (AvgIpc) is 2.75. The van der Waals surface area contributed by atoms with E-state index >= 15 is 0 Å². The van der Waals surface area contributed by atoms with Gasteiger partial charge in [-0.25, -0.2) is 17.9 Å². The Morgan fingerprint density at radius 1 is 1.28 bits per heavy atom. The van der Waals surface area contributed by atoms with Crippen molar-refractivity contribution in [2.75, 3.05) is 20.2 Å². The van der Waals surface area contributed by atoms with Gasteiger partial charge < -0.3 is 9.64 Å². The van der Waals surface area contributed by atoms with Gasteiger partial charge in [0, 0.05) is 13.6 Å². The van der Waals surface area contributed by atoms with Gasteiger partial charge in [0.1, 0.15) is 5.54 Å². The summed E-state index contributed by atoms with van der Waals surface area (Å²) in [6.07, 6.45) is 5.42. The lowest BCUT2D eigenvalue weighted by Gasteiger charge is -2.38. The first-order valence-corrected chi connectivity index (χ1v) is 10.8. The SMILES string of the molecule is C=CCNS(=O)(=O)c1ccc(C(=O)OCC(=O)N(C)C2(C#N)CCCCC2)cc1. The fourth-order valence-electron chi connectivity index (χ4n) is 3.23. The van der Waals surface area contributed by atoms with Crippen molar-refractivity contribution in [3.8, 4) is 6.07 Å². The zero-order valence-corrected chi connectivity index (χ0v) is 17.2. The number of benzene rings is 1. The Morgan fingerprint density at radius 2 is 1.90 bits per heavy atom. The number of hydrogen-bond acceptors (Lipinski definition) is 6. The van der Waals surface area contributed by atoms with Crippen LogP contribution in [0.4, 0.5) is 0 Å². The molecule has 0 aromatic heterocycles. The van der Waals surface area contributed by atoms with Gasteiger partial charge in [-0.05, 0) is 37.1 Å². The summed E-state index contributed by atoms with van der Waals surface area (Å²) < 4.78 is 31.4. The van der Waals surface area contributed by atoms with Crippen molar-refractivity contribution in [1.82, 2.24) is 9.62 Å². The van der Waals surface area contributed by atoms with Gasteiger partial charge in [-0.1, -0.05) is 25.3 Å². The monoisotopic (exact) mass is 419 g/mol. The van der Waals surface area contributed by atoms with E-state index < -0.39 is 34.0 Å². The molecule has 1 aromatic rings. The number of ether oxygens (including phenoxy) is 1. The highest BCUT2D eigenvalue weighted by Crippen LogP contribution is 2.32. The molecule has 1 amide bonds. The van der Waals surface area contributed by atoms with E-state index in [4.69, 9.17) is 4.74 Å². The molecule has 0 aliphatic heterocycles. The van der Waals surface area contributed by atoms with Crippen LogP contribution in [0.15, 0.2) is 41.8 Å². The smallest absolute Gasteiger partial charge is 0.338 e. The van der Waals surface area contributed by atoms with Crippen molar-refractivity contribution in [3.63, 3.8) is 0 Å². The number of sulfonamides is 1. The van der Waals surface area contributed by atoms with Crippen LogP contribution in [0.25, 0.3) is 0 Å². The maximum atomic E-state index is 12.4. The topological polar surface area (TPSA) is 117 Å². The predicted molar refractivity (Wildman–Crippen MR) is 106 cm³/mol. The predicted octanol–water partition coefficient (Wildman–Crippen LogP) is 1.99. The molecule has 8 nitrogen and oxygen atoms in total.